The van der Waals surface area contributed by atoms with Gasteiger partial charge in [0.2, 0.25) is 0 Å². The van der Waals surface area contributed by atoms with Crippen LogP contribution in [0.4, 0.5) is 14.5 Å². The molecule has 5 rings (SSSR count). The number of benzene rings is 2. The summed E-state index contributed by atoms with van der Waals surface area (Å²) in [7, 11) is 0. The largest absolute Gasteiger partial charge is 0.319 e. The second-order valence-corrected chi connectivity index (χ2v) is 9.02. The van der Waals surface area contributed by atoms with Gasteiger partial charge in [0.1, 0.15) is 5.84 Å². The number of hydrogen-bond acceptors (Lipinski definition) is 6. The van der Waals surface area contributed by atoms with Crippen LogP contribution in [0.5, 0.6) is 0 Å². The van der Waals surface area contributed by atoms with E-state index in [2.05, 4.69) is 52.2 Å². The van der Waals surface area contributed by atoms with E-state index in [1.807, 2.05) is 18.2 Å². The highest BCUT2D eigenvalue weighted by atomic mass is 19.2. The van der Waals surface area contributed by atoms with Crippen LogP contribution in [0, 0.1) is 17.0 Å². The lowest BCUT2D eigenvalue weighted by molar-refractivity contribution is 0.205. The molecule has 7 nitrogen and oxygen atoms in total. The molecule has 0 aromatic heterocycles. The van der Waals surface area contributed by atoms with Gasteiger partial charge in [-0.05, 0) is 61.6 Å². The van der Waals surface area contributed by atoms with Crippen molar-refractivity contribution in [3.05, 3.63) is 82.7 Å². The van der Waals surface area contributed by atoms with Gasteiger partial charge in [-0.1, -0.05) is 35.6 Å². The molecule has 1 fully saturated rings. The highest BCUT2D eigenvalue weighted by molar-refractivity contribution is 6.14. The van der Waals surface area contributed by atoms with E-state index in [9.17, 15) is 8.78 Å². The predicted octanol–water partition coefficient (Wildman–Crippen LogP) is 4.91. The predicted molar refractivity (Wildman–Crippen MR) is 128 cm³/mol. The quantitative estimate of drug-likeness (QED) is 0.602. The molecule has 1 saturated heterocycles. The van der Waals surface area contributed by atoms with Gasteiger partial charge in [-0.3, -0.25) is 15.7 Å². The summed E-state index contributed by atoms with van der Waals surface area (Å²) in [6, 6.07) is 13.5. The van der Waals surface area contributed by atoms with Crippen molar-refractivity contribution in [1.29, 1.82) is 5.41 Å². The first-order valence-electron chi connectivity index (χ1n) is 11.4. The minimum atomic E-state index is -0.985. The fourth-order valence-corrected chi connectivity index (χ4v) is 4.84. The molecule has 0 aliphatic carbocycles. The Labute approximate surface area is 197 Å². The molecule has 3 aliphatic rings. The maximum Gasteiger partial charge on any atom is 0.182 e. The van der Waals surface area contributed by atoms with Gasteiger partial charge in [-0.15, -0.1) is 5.11 Å². The van der Waals surface area contributed by atoms with Crippen LogP contribution in [0.3, 0.4) is 0 Å². The molecule has 176 valence electrons. The number of hydrogen-bond donors (Lipinski definition) is 3. The number of anilines is 1. The van der Waals surface area contributed by atoms with E-state index in [1.165, 1.54) is 35.4 Å². The lowest BCUT2D eigenvalue weighted by Gasteiger charge is -2.32. The van der Waals surface area contributed by atoms with Gasteiger partial charge in [-0.25, -0.2) is 14.3 Å². The van der Waals surface area contributed by atoms with Gasteiger partial charge >= 0.3 is 0 Å². The lowest BCUT2D eigenvalue weighted by atomic mass is 9.96. The van der Waals surface area contributed by atoms with Crippen LogP contribution in [0.2, 0.25) is 0 Å². The third-order valence-electron chi connectivity index (χ3n) is 6.85. The van der Waals surface area contributed by atoms with E-state index in [0.717, 1.165) is 23.7 Å². The summed E-state index contributed by atoms with van der Waals surface area (Å²) >= 11 is 0. The van der Waals surface area contributed by atoms with Crippen molar-refractivity contribution in [2.24, 2.45) is 10.3 Å². The summed E-state index contributed by atoms with van der Waals surface area (Å²) in [5, 5.41) is 16.4. The van der Waals surface area contributed by atoms with E-state index < -0.39 is 11.6 Å². The molecule has 3 heterocycles. The molecule has 0 spiro atoms. The molecule has 2 atom stereocenters. The van der Waals surface area contributed by atoms with E-state index in [-0.39, 0.29) is 18.1 Å². The van der Waals surface area contributed by atoms with Gasteiger partial charge in [0.25, 0.3) is 0 Å². The van der Waals surface area contributed by atoms with Gasteiger partial charge in [-0.2, -0.15) is 0 Å². The fraction of sp³-hybridized carbons (Fsp3) is 0.320. The monoisotopic (exact) mass is 463 g/mol. The standard InChI is InChI=1S/C25H27F2N7/c1-15-6-7-16(2)33(15)13-17-8-10-18(11-9-17)19-12-20(25-29-31-32-30-25)24(28)34(14-19)22-5-3-4-21(26)23(22)27/h3-5,8-12,15-16,28H,6-7,13-14H2,1-2H3,(H,29,32)(H,30,31)/t15-,16-/m1/s1. The second-order valence-electron chi connectivity index (χ2n) is 9.02. The number of halogens is 2. The Bertz CT molecular complexity index is 1190. The Kier molecular flexibility index (Phi) is 5.87. The first kappa shape index (κ1) is 22.2. The normalized spacial score (nSPS) is 24.9. The third kappa shape index (κ3) is 4.07. The van der Waals surface area contributed by atoms with Crippen LogP contribution < -0.4 is 15.9 Å². The van der Waals surface area contributed by atoms with Gasteiger partial charge in [0.15, 0.2) is 17.5 Å². The van der Waals surface area contributed by atoms with E-state index in [0.29, 0.717) is 23.5 Å². The van der Waals surface area contributed by atoms with Crippen molar-refractivity contribution in [2.75, 3.05) is 11.4 Å². The average molecular weight is 464 g/mol. The molecule has 0 unspecified atom stereocenters. The van der Waals surface area contributed by atoms with Crippen molar-refractivity contribution < 1.29 is 8.78 Å². The second kappa shape index (κ2) is 8.98. The van der Waals surface area contributed by atoms with E-state index in [4.69, 9.17) is 5.41 Å². The minimum absolute atomic E-state index is 0.00484. The summed E-state index contributed by atoms with van der Waals surface area (Å²) in [5.74, 6) is -1.59. The first-order chi connectivity index (χ1) is 16.4. The molecule has 0 radical (unpaired) electrons. The summed E-state index contributed by atoms with van der Waals surface area (Å²) in [4.78, 5) is 3.98. The van der Waals surface area contributed by atoms with Crippen LogP contribution in [0.15, 0.2) is 70.3 Å². The van der Waals surface area contributed by atoms with E-state index in [1.54, 1.807) is 0 Å². The maximum atomic E-state index is 14.7. The van der Waals surface area contributed by atoms with Crippen LogP contribution in [0.1, 0.15) is 37.8 Å². The number of likely N-dealkylation sites (tertiary alicyclic amines) is 1. The zero-order valence-electron chi connectivity index (χ0n) is 19.1. The average Bonchev–Trinajstić information content (AvgIpc) is 3.48. The molecule has 0 saturated carbocycles. The van der Waals surface area contributed by atoms with Gasteiger partial charge < -0.3 is 4.90 Å². The lowest BCUT2D eigenvalue weighted by Crippen LogP contribution is -2.38. The summed E-state index contributed by atoms with van der Waals surface area (Å²) < 4.78 is 28.7. The first-order valence-corrected chi connectivity index (χ1v) is 11.4. The number of amidine groups is 1. The topological polar surface area (TPSA) is 79.1 Å². The zero-order valence-corrected chi connectivity index (χ0v) is 19.1. The minimum Gasteiger partial charge on any atom is -0.319 e. The number of hydrazine groups is 1. The Morgan fingerprint density at radius 3 is 2.47 bits per heavy atom. The van der Waals surface area contributed by atoms with Crippen LogP contribution in [-0.4, -0.2) is 29.4 Å². The molecule has 2 aromatic carbocycles. The SMILES string of the molecule is C[C@@H]1CC[C@@H](C)N1Cc1ccc(C2=CC(=C3N=NNN3)C(=N)N(c3cccc(F)c3F)C2)cc1. The van der Waals surface area contributed by atoms with Gasteiger partial charge in [0.05, 0.1) is 17.8 Å². The Morgan fingerprint density at radius 2 is 1.79 bits per heavy atom. The van der Waals surface area contributed by atoms with Crippen LogP contribution in [0.25, 0.3) is 5.57 Å². The highest BCUT2D eigenvalue weighted by Crippen LogP contribution is 2.33. The van der Waals surface area contributed by atoms with Crippen LogP contribution in [-0.2, 0) is 6.54 Å². The Hall–Kier alpha value is -3.59. The molecule has 0 amide bonds. The molecular formula is C25H27F2N7. The summed E-state index contributed by atoms with van der Waals surface area (Å²) in [6.07, 6.45) is 4.30. The number of nitrogens with zero attached hydrogens (tertiary/aromatic N) is 4. The van der Waals surface area contributed by atoms with Crippen molar-refractivity contribution in [3.63, 3.8) is 0 Å². The summed E-state index contributed by atoms with van der Waals surface area (Å²) in [6.45, 7) is 5.68. The molecule has 3 aliphatic heterocycles. The Morgan fingerprint density at radius 1 is 1.06 bits per heavy atom. The van der Waals surface area contributed by atoms with Crippen molar-refractivity contribution in [2.45, 2.75) is 45.3 Å². The number of rotatable bonds is 4. The zero-order chi connectivity index (χ0) is 23.8. The molecule has 3 N–H and O–H groups in total. The fourth-order valence-electron chi connectivity index (χ4n) is 4.84. The molecule has 0 bridgehead atoms. The molecule has 34 heavy (non-hydrogen) atoms. The maximum absolute atomic E-state index is 14.7. The highest BCUT2D eigenvalue weighted by Gasteiger charge is 2.30. The van der Waals surface area contributed by atoms with Crippen molar-refractivity contribution >= 4 is 17.1 Å². The Balaban J connectivity index is 1.48. The third-order valence-corrected chi connectivity index (χ3v) is 6.85. The van der Waals surface area contributed by atoms with Crippen LogP contribution >= 0.6 is 0 Å². The van der Waals surface area contributed by atoms with E-state index >= 15 is 0 Å². The number of nitrogens with one attached hydrogen (secondary N) is 3. The molecule has 9 heteroatoms. The van der Waals surface area contributed by atoms with Crippen molar-refractivity contribution in [3.8, 4) is 0 Å². The molecule has 2 aromatic rings. The van der Waals surface area contributed by atoms with Crippen molar-refractivity contribution in [1.82, 2.24) is 15.9 Å². The summed E-state index contributed by atoms with van der Waals surface area (Å²) in [5.41, 5.74) is 8.81. The molecular weight excluding hydrogens is 436 g/mol. The van der Waals surface area contributed by atoms with Gasteiger partial charge in [0, 0.05) is 18.6 Å². The smallest absolute Gasteiger partial charge is 0.182 e.